The highest BCUT2D eigenvalue weighted by atomic mass is 32.1. The molecule has 11 heteroatoms. The zero-order chi connectivity index (χ0) is 26.0. The summed E-state index contributed by atoms with van der Waals surface area (Å²) in [5.74, 6) is 0.368. The average molecular weight is 537 g/mol. The van der Waals surface area contributed by atoms with Crippen LogP contribution in [-0.4, -0.2) is 70.6 Å². The van der Waals surface area contributed by atoms with Crippen LogP contribution < -0.4 is 4.74 Å². The Morgan fingerprint density at radius 2 is 2.08 bits per heavy atom. The molecule has 1 aromatic carbocycles. The lowest BCUT2D eigenvalue weighted by atomic mass is 9.90. The molecule has 1 fully saturated rings. The van der Waals surface area contributed by atoms with E-state index >= 15 is 0 Å². The van der Waals surface area contributed by atoms with E-state index in [-0.39, 0.29) is 23.0 Å². The summed E-state index contributed by atoms with van der Waals surface area (Å²) in [6, 6.07) is 5.68. The number of aromatic nitrogens is 3. The van der Waals surface area contributed by atoms with E-state index in [2.05, 4.69) is 15.0 Å². The Bertz CT molecular complexity index is 1210. The van der Waals surface area contributed by atoms with Crippen molar-refractivity contribution >= 4 is 28.0 Å². The zero-order valence-corrected chi connectivity index (χ0v) is 21.6. The Labute approximate surface area is 217 Å². The summed E-state index contributed by atoms with van der Waals surface area (Å²) in [7, 11) is 1.86. The number of thiazole rings is 1. The van der Waals surface area contributed by atoms with Crippen molar-refractivity contribution in [1.29, 1.82) is 0 Å². The van der Waals surface area contributed by atoms with Crippen molar-refractivity contribution in [3.63, 3.8) is 0 Å². The van der Waals surface area contributed by atoms with Gasteiger partial charge in [0.15, 0.2) is 12.4 Å². The third-order valence-electron chi connectivity index (χ3n) is 7.11. The molecular weight excluding hydrogens is 505 g/mol. The molecule has 0 aliphatic carbocycles. The van der Waals surface area contributed by atoms with Gasteiger partial charge in [-0.25, -0.2) is 4.98 Å². The first-order valence-electron chi connectivity index (χ1n) is 12.7. The number of benzene rings is 1. The number of aryl methyl sites for hydroxylation is 1. The van der Waals surface area contributed by atoms with Gasteiger partial charge in [0.2, 0.25) is 0 Å². The van der Waals surface area contributed by atoms with E-state index in [1.165, 1.54) is 11.3 Å². The maximum Gasteiger partial charge on any atom is 0.422 e. The molecule has 4 heterocycles. The first-order valence-corrected chi connectivity index (χ1v) is 13.5. The Hall–Kier alpha value is -2.50. The zero-order valence-electron chi connectivity index (χ0n) is 20.8. The molecule has 0 bridgehead atoms. The molecule has 7 nitrogen and oxygen atoms in total. The SMILES string of the molecule is Cn1cc2c(C(=O)C[C@H]3CC[C@H](CCN4CCc5nc(OCC(F)(F)F)sc5CC4)OC3)cccc2n1. The molecule has 0 N–H and O–H groups in total. The van der Waals surface area contributed by atoms with Crippen molar-refractivity contribution in [2.24, 2.45) is 13.0 Å². The van der Waals surface area contributed by atoms with Crippen molar-refractivity contribution in [2.45, 2.75) is 50.8 Å². The third-order valence-corrected chi connectivity index (χ3v) is 8.18. The maximum absolute atomic E-state index is 13.0. The molecule has 3 aromatic rings. The van der Waals surface area contributed by atoms with Gasteiger partial charge in [0.1, 0.15) is 0 Å². The molecule has 5 rings (SSSR count). The summed E-state index contributed by atoms with van der Waals surface area (Å²) in [5, 5.41) is 5.40. The first kappa shape index (κ1) is 26.1. The molecule has 0 amide bonds. The fraction of sp³-hybridized carbons (Fsp3) is 0.577. The Morgan fingerprint density at radius 1 is 1.24 bits per heavy atom. The molecule has 0 spiro atoms. The number of carbonyl (C=O) groups excluding carboxylic acids is 1. The van der Waals surface area contributed by atoms with Gasteiger partial charge in [0.05, 0.1) is 23.9 Å². The predicted octanol–water partition coefficient (Wildman–Crippen LogP) is 4.83. The summed E-state index contributed by atoms with van der Waals surface area (Å²) < 4.78 is 49.9. The highest BCUT2D eigenvalue weighted by Gasteiger charge is 2.30. The summed E-state index contributed by atoms with van der Waals surface area (Å²) in [6.45, 7) is 1.87. The topological polar surface area (TPSA) is 69.5 Å². The number of halogens is 3. The van der Waals surface area contributed by atoms with Crippen LogP contribution in [0.1, 0.15) is 46.6 Å². The van der Waals surface area contributed by atoms with Crippen LogP contribution in [-0.2, 0) is 24.6 Å². The molecule has 2 aliphatic rings. The van der Waals surface area contributed by atoms with Crippen LogP contribution in [0.25, 0.3) is 10.9 Å². The number of rotatable bonds is 8. The number of ether oxygens (including phenoxy) is 2. The Morgan fingerprint density at radius 3 is 2.86 bits per heavy atom. The van der Waals surface area contributed by atoms with E-state index < -0.39 is 12.8 Å². The normalized spacial score (nSPS) is 21.1. The van der Waals surface area contributed by atoms with Gasteiger partial charge in [-0.15, -0.1) is 0 Å². The molecule has 200 valence electrons. The minimum atomic E-state index is -4.36. The van der Waals surface area contributed by atoms with E-state index in [0.29, 0.717) is 19.4 Å². The van der Waals surface area contributed by atoms with E-state index in [1.54, 1.807) is 4.68 Å². The standard InChI is InChI=1S/C26H31F3N4O3S/c1-32-14-20-19(3-2-4-21(20)31-32)23(34)13-17-5-6-18(35-15-17)7-10-33-11-8-22-24(9-12-33)37-25(30-22)36-16-26(27,28)29/h2-4,14,17-18H,5-13,15-16H2,1H3/t17-,18-/m1/s1. The number of ketones is 1. The van der Waals surface area contributed by atoms with Gasteiger partial charge in [-0.1, -0.05) is 23.5 Å². The average Bonchev–Trinajstić information content (AvgIpc) is 3.39. The Balaban J connectivity index is 1.04. The van der Waals surface area contributed by atoms with Gasteiger partial charge in [-0.3, -0.25) is 9.48 Å². The van der Waals surface area contributed by atoms with Crippen LogP contribution in [0.4, 0.5) is 13.2 Å². The van der Waals surface area contributed by atoms with E-state index in [9.17, 15) is 18.0 Å². The van der Waals surface area contributed by atoms with E-state index in [4.69, 9.17) is 9.47 Å². The molecule has 1 saturated heterocycles. The van der Waals surface area contributed by atoms with Crippen molar-refractivity contribution in [3.8, 4) is 5.19 Å². The van der Waals surface area contributed by atoms with Gasteiger partial charge in [0.25, 0.3) is 5.19 Å². The molecule has 0 unspecified atom stereocenters. The first-order chi connectivity index (χ1) is 17.7. The van der Waals surface area contributed by atoms with Crippen molar-refractivity contribution in [1.82, 2.24) is 19.7 Å². The summed E-state index contributed by atoms with van der Waals surface area (Å²) in [5.41, 5.74) is 2.42. The fourth-order valence-corrected chi connectivity index (χ4v) is 6.11. The monoisotopic (exact) mass is 536 g/mol. The van der Waals surface area contributed by atoms with Gasteiger partial charge in [-0.05, 0) is 37.7 Å². The second-order valence-electron chi connectivity index (χ2n) is 9.95. The lowest BCUT2D eigenvalue weighted by molar-refractivity contribution is -0.153. The fourth-order valence-electron chi connectivity index (χ4n) is 5.17. The summed E-state index contributed by atoms with van der Waals surface area (Å²) in [4.78, 5) is 20.7. The van der Waals surface area contributed by atoms with Crippen LogP contribution in [0.3, 0.4) is 0 Å². The number of carbonyl (C=O) groups is 1. The number of alkyl halides is 3. The molecule has 2 atom stereocenters. The smallest absolute Gasteiger partial charge is 0.422 e. The Kier molecular flexibility index (Phi) is 7.83. The van der Waals surface area contributed by atoms with Crippen molar-refractivity contribution in [2.75, 3.05) is 32.8 Å². The highest BCUT2D eigenvalue weighted by molar-refractivity contribution is 7.13. The van der Waals surface area contributed by atoms with E-state index in [0.717, 1.165) is 72.4 Å². The number of hydrogen-bond acceptors (Lipinski definition) is 7. The highest BCUT2D eigenvalue weighted by Crippen LogP contribution is 2.30. The van der Waals surface area contributed by atoms with Gasteiger partial charge >= 0.3 is 6.18 Å². The minimum absolute atomic E-state index is 0.108. The van der Waals surface area contributed by atoms with E-state index in [1.807, 2.05) is 31.4 Å². The van der Waals surface area contributed by atoms with Crippen molar-refractivity contribution in [3.05, 3.63) is 40.5 Å². The van der Waals surface area contributed by atoms with Gasteiger partial charge in [-0.2, -0.15) is 18.3 Å². The molecule has 37 heavy (non-hydrogen) atoms. The minimum Gasteiger partial charge on any atom is -0.460 e. The van der Waals surface area contributed by atoms with Gasteiger partial charge in [0, 0.05) is 61.5 Å². The quantitative estimate of drug-likeness (QED) is 0.384. The van der Waals surface area contributed by atoms with Crippen LogP contribution in [0, 0.1) is 5.92 Å². The lowest BCUT2D eigenvalue weighted by Gasteiger charge is -2.30. The molecular formula is C26H31F3N4O3S. The predicted molar refractivity (Wildman–Crippen MR) is 134 cm³/mol. The molecule has 2 aliphatic heterocycles. The number of fused-ring (bicyclic) bond motifs is 2. The number of hydrogen-bond donors (Lipinski definition) is 0. The maximum atomic E-state index is 13.0. The van der Waals surface area contributed by atoms with Gasteiger partial charge < -0.3 is 14.4 Å². The second kappa shape index (κ2) is 11.1. The van der Waals surface area contributed by atoms with Crippen molar-refractivity contribution < 1.29 is 27.4 Å². The van der Waals surface area contributed by atoms with Crippen LogP contribution in [0.5, 0.6) is 5.19 Å². The van der Waals surface area contributed by atoms with Crippen LogP contribution in [0.2, 0.25) is 0 Å². The molecule has 0 saturated carbocycles. The van der Waals surface area contributed by atoms with Crippen LogP contribution in [0.15, 0.2) is 24.4 Å². The largest absolute Gasteiger partial charge is 0.460 e. The summed E-state index contributed by atoms with van der Waals surface area (Å²) in [6.07, 6.45) is 2.53. The lowest BCUT2D eigenvalue weighted by Crippen LogP contribution is -2.33. The third kappa shape index (κ3) is 6.69. The van der Waals surface area contributed by atoms with Crippen LogP contribution >= 0.6 is 11.3 Å². The second-order valence-corrected chi connectivity index (χ2v) is 11.0. The molecule has 0 radical (unpaired) electrons. The number of nitrogens with zero attached hydrogens (tertiary/aromatic N) is 4. The summed E-state index contributed by atoms with van der Waals surface area (Å²) >= 11 is 1.23. The number of Topliss-reactive ketones (excluding diaryl/α,β-unsaturated/α-hetero) is 1. The molecule has 2 aromatic heterocycles.